The SMILES string of the molecule is O=C(Oc1ccc(OC(F)(F)F)c(F)c1)c1ccc2c(c1)Cc1cc(OCCCCOCC3CO3)ccc1-2. The fourth-order valence-corrected chi connectivity index (χ4v) is 4.20. The molecule has 1 heterocycles. The Morgan fingerprint density at radius 1 is 0.921 bits per heavy atom. The van der Waals surface area contributed by atoms with Crippen LogP contribution in [0.3, 0.4) is 0 Å². The molecule has 1 unspecified atom stereocenters. The van der Waals surface area contributed by atoms with E-state index in [0.717, 1.165) is 59.6 Å². The smallest absolute Gasteiger partial charge is 0.494 e. The fourth-order valence-electron chi connectivity index (χ4n) is 4.20. The summed E-state index contributed by atoms with van der Waals surface area (Å²) in [6, 6.07) is 13.4. The van der Waals surface area contributed by atoms with Gasteiger partial charge in [-0.05, 0) is 77.9 Å². The first-order valence-electron chi connectivity index (χ1n) is 12.1. The minimum atomic E-state index is -5.03. The minimum Gasteiger partial charge on any atom is -0.494 e. The van der Waals surface area contributed by atoms with Crippen molar-refractivity contribution in [3.05, 3.63) is 77.1 Å². The molecule has 0 saturated carbocycles. The molecule has 0 bridgehead atoms. The molecule has 1 atom stereocenters. The lowest BCUT2D eigenvalue weighted by Crippen LogP contribution is -2.18. The van der Waals surface area contributed by atoms with E-state index in [1.165, 1.54) is 0 Å². The molecule has 10 heteroatoms. The maximum Gasteiger partial charge on any atom is 0.573 e. The van der Waals surface area contributed by atoms with E-state index < -0.39 is 23.9 Å². The summed E-state index contributed by atoms with van der Waals surface area (Å²) in [5, 5.41) is 0. The molecule has 6 nitrogen and oxygen atoms in total. The van der Waals surface area contributed by atoms with Gasteiger partial charge in [0.1, 0.15) is 17.6 Å². The zero-order valence-corrected chi connectivity index (χ0v) is 20.2. The van der Waals surface area contributed by atoms with Gasteiger partial charge in [0.2, 0.25) is 0 Å². The van der Waals surface area contributed by atoms with Gasteiger partial charge in [-0.25, -0.2) is 9.18 Å². The lowest BCUT2D eigenvalue weighted by molar-refractivity contribution is -0.275. The molecule has 200 valence electrons. The second kappa shape index (κ2) is 11.0. The van der Waals surface area contributed by atoms with E-state index in [9.17, 15) is 22.4 Å². The van der Waals surface area contributed by atoms with Crippen LogP contribution in [0, 0.1) is 5.82 Å². The third-order valence-corrected chi connectivity index (χ3v) is 6.09. The van der Waals surface area contributed by atoms with E-state index in [1.807, 2.05) is 24.3 Å². The molecule has 0 amide bonds. The van der Waals surface area contributed by atoms with E-state index in [1.54, 1.807) is 12.1 Å². The number of epoxide rings is 1. The Morgan fingerprint density at radius 3 is 2.37 bits per heavy atom. The van der Waals surface area contributed by atoms with Crippen molar-refractivity contribution in [3.63, 3.8) is 0 Å². The van der Waals surface area contributed by atoms with E-state index >= 15 is 0 Å². The average molecular weight is 532 g/mol. The van der Waals surface area contributed by atoms with Crippen molar-refractivity contribution < 1.29 is 46.0 Å². The molecule has 3 aromatic carbocycles. The van der Waals surface area contributed by atoms with Crippen LogP contribution < -0.4 is 14.2 Å². The Balaban J connectivity index is 1.15. The Kier molecular flexibility index (Phi) is 7.53. The summed E-state index contributed by atoms with van der Waals surface area (Å²) in [6.45, 7) is 2.70. The van der Waals surface area contributed by atoms with Gasteiger partial charge in [0.25, 0.3) is 0 Å². The molecular weight excluding hydrogens is 508 g/mol. The summed E-state index contributed by atoms with van der Waals surface area (Å²) >= 11 is 0. The van der Waals surface area contributed by atoms with Gasteiger partial charge in [0.05, 0.1) is 25.4 Å². The highest BCUT2D eigenvalue weighted by Crippen LogP contribution is 2.39. The summed E-state index contributed by atoms with van der Waals surface area (Å²) < 4.78 is 76.2. The van der Waals surface area contributed by atoms with E-state index in [2.05, 4.69) is 4.74 Å². The number of alkyl halides is 3. The number of ether oxygens (including phenoxy) is 5. The van der Waals surface area contributed by atoms with Crippen molar-refractivity contribution in [2.45, 2.75) is 31.7 Å². The van der Waals surface area contributed by atoms with Gasteiger partial charge < -0.3 is 23.7 Å². The first-order valence-corrected chi connectivity index (χ1v) is 12.1. The second-order valence-corrected chi connectivity index (χ2v) is 8.98. The van der Waals surface area contributed by atoms with Gasteiger partial charge in [-0.15, -0.1) is 13.2 Å². The van der Waals surface area contributed by atoms with Gasteiger partial charge in [0.15, 0.2) is 11.6 Å². The number of carbonyl (C=O) groups is 1. The van der Waals surface area contributed by atoms with Crippen LogP contribution in [0.4, 0.5) is 17.6 Å². The van der Waals surface area contributed by atoms with Crippen molar-refractivity contribution in [1.82, 2.24) is 0 Å². The molecule has 1 fully saturated rings. The summed E-state index contributed by atoms with van der Waals surface area (Å²) in [7, 11) is 0. The normalized spacial score (nSPS) is 15.5. The number of halogens is 4. The number of hydrogen-bond donors (Lipinski definition) is 0. The highest BCUT2D eigenvalue weighted by Gasteiger charge is 2.32. The lowest BCUT2D eigenvalue weighted by Gasteiger charge is -2.11. The van der Waals surface area contributed by atoms with Gasteiger partial charge in [-0.2, -0.15) is 0 Å². The number of rotatable bonds is 11. The van der Waals surface area contributed by atoms with Gasteiger partial charge in [-0.1, -0.05) is 12.1 Å². The van der Waals surface area contributed by atoms with Crippen molar-refractivity contribution >= 4 is 5.97 Å². The number of unbranched alkanes of at least 4 members (excludes halogenated alkanes) is 1. The number of benzene rings is 3. The Bertz CT molecular complexity index is 1320. The quantitative estimate of drug-likeness (QED) is 0.0766. The van der Waals surface area contributed by atoms with Crippen molar-refractivity contribution in [3.8, 4) is 28.4 Å². The van der Waals surface area contributed by atoms with E-state index in [-0.39, 0.29) is 17.4 Å². The minimum absolute atomic E-state index is 0.236. The molecule has 1 aliphatic carbocycles. The van der Waals surface area contributed by atoms with Crippen molar-refractivity contribution in [2.24, 2.45) is 0 Å². The molecule has 0 N–H and O–H groups in total. The van der Waals surface area contributed by atoms with E-state index in [0.29, 0.717) is 32.3 Å². The third-order valence-electron chi connectivity index (χ3n) is 6.09. The summed E-state index contributed by atoms with van der Waals surface area (Å²) in [4.78, 5) is 12.6. The first kappa shape index (κ1) is 26.0. The third kappa shape index (κ3) is 6.62. The molecule has 0 spiro atoms. The monoisotopic (exact) mass is 532 g/mol. The van der Waals surface area contributed by atoms with Crippen LogP contribution >= 0.6 is 0 Å². The lowest BCUT2D eigenvalue weighted by atomic mass is 10.0. The molecular formula is C28H24F4O6. The zero-order chi connectivity index (χ0) is 26.7. The molecule has 0 radical (unpaired) electrons. The zero-order valence-electron chi connectivity index (χ0n) is 20.2. The Hall–Kier alpha value is -3.63. The summed E-state index contributed by atoms with van der Waals surface area (Å²) in [5.74, 6) is -2.54. The van der Waals surface area contributed by atoms with Crippen LogP contribution in [0.15, 0.2) is 54.6 Å². The van der Waals surface area contributed by atoms with Crippen LogP contribution in [0.1, 0.15) is 34.3 Å². The first-order chi connectivity index (χ1) is 18.2. The number of fused-ring (bicyclic) bond motifs is 3. The van der Waals surface area contributed by atoms with Gasteiger partial charge in [-0.3, -0.25) is 0 Å². The average Bonchev–Trinajstić information content (AvgIpc) is 3.62. The molecule has 38 heavy (non-hydrogen) atoms. The van der Waals surface area contributed by atoms with Crippen LogP contribution in [0.5, 0.6) is 17.2 Å². The topological polar surface area (TPSA) is 66.5 Å². The van der Waals surface area contributed by atoms with E-state index in [4.69, 9.17) is 18.9 Å². The predicted molar refractivity (Wildman–Crippen MR) is 128 cm³/mol. The highest BCUT2D eigenvalue weighted by atomic mass is 19.4. The van der Waals surface area contributed by atoms with Crippen LogP contribution in [-0.4, -0.2) is 44.9 Å². The van der Waals surface area contributed by atoms with Crippen LogP contribution in [-0.2, 0) is 15.9 Å². The van der Waals surface area contributed by atoms with Crippen molar-refractivity contribution in [2.75, 3.05) is 26.4 Å². The van der Waals surface area contributed by atoms with Gasteiger partial charge >= 0.3 is 12.3 Å². The molecule has 3 aromatic rings. The largest absolute Gasteiger partial charge is 0.573 e. The molecule has 2 aliphatic rings. The second-order valence-electron chi connectivity index (χ2n) is 8.98. The van der Waals surface area contributed by atoms with Gasteiger partial charge in [0, 0.05) is 12.7 Å². The molecule has 1 saturated heterocycles. The number of hydrogen-bond acceptors (Lipinski definition) is 6. The summed E-state index contributed by atoms with van der Waals surface area (Å²) in [5.41, 5.74) is 4.26. The number of carbonyl (C=O) groups excluding carboxylic acids is 1. The van der Waals surface area contributed by atoms with Crippen molar-refractivity contribution in [1.29, 1.82) is 0 Å². The predicted octanol–water partition coefficient (Wildman–Crippen LogP) is 6.09. The Morgan fingerprint density at radius 2 is 1.63 bits per heavy atom. The Labute approximate surface area is 216 Å². The highest BCUT2D eigenvalue weighted by molar-refractivity contribution is 5.93. The van der Waals surface area contributed by atoms with Crippen LogP contribution in [0.25, 0.3) is 11.1 Å². The standard InChI is InChI=1S/C28H24F4O6/c29-25-14-21(5-8-26(25)38-28(30,31)32)37-27(33)17-3-6-23-18(11-17)12-19-13-20(4-7-24(19)23)35-10-2-1-9-34-15-22-16-36-22/h3-8,11,13-14,22H,1-2,9-10,12,15-16H2. The maximum atomic E-state index is 13.9. The van der Waals surface area contributed by atoms with Crippen LogP contribution in [0.2, 0.25) is 0 Å². The maximum absolute atomic E-state index is 13.9. The molecule has 5 rings (SSSR count). The fraction of sp³-hybridized carbons (Fsp3) is 0.321. The number of esters is 1. The summed E-state index contributed by atoms with van der Waals surface area (Å²) in [6.07, 6.45) is -2.39. The molecule has 0 aromatic heterocycles. The molecule has 1 aliphatic heterocycles.